The summed E-state index contributed by atoms with van der Waals surface area (Å²) in [5, 5.41) is 4.46. The fourth-order valence-electron chi connectivity index (χ4n) is 3.19. The molecule has 4 rings (SSSR count). The van der Waals surface area contributed by atoms with Gasteiger partial charge in [0.05, 0.1) is 11.4 Å². The minimum Gasteiger partial charge on any atom is -0.228 e. The highest BCUT2D eigenvalue weighted by Gasteiger charge is 2.29. The van der Waals surface area contributed by atoms with Crippen LogP contribution in [0.25, 0.3) is 5.78 Å². The fraction of sp³-hybridized carbons (Fsp3) is 0.190. The first kappa shape index (κ1) is 19.1. The summed E-state index contributed by atoms with van der Waals surface area (Å²) in [6, 6.07) is 17.9. The molecule has 2 heterocycles. The van der Waals surface area contributed by atoms with Crippen molar-refractivity contribution in [1.29, 1.82) is 0 Å². The molecule has 148 valence electrons. The number of hydrogen-bond donors (Lipinski definition) is 0. The lowest BCUT2D eigenvalue weighted by Gasteiger charge is -2.22. The predicted molar refractivity (Wildman–Crippen MR) is 111 cm³/mol. The number of hydrogen-bond acceptors (Lipinski definition) is 5. The quantitative estimate of drug-likeness (QED) is 0.506. The molecule has 29 heavy (non-hydrogen) atoms. The van der Waals surface area contributed by atoms with Crippen LogP contribution in [0.1, 0.15) is 22.5 Å². The van der Waals surface area contributed by atoms with Crippen LogP contribution >= 0.6 is 0 Å². The monoisotopic (exact) mass is 407 g/mol. The van der Waals surface area contributed by atoms with Crippen LogP contribution in [-0.4, -0.2) is 28.0 Å². The summed E-state index contributed by atoms with van der Waals surface area (Å²) in [5.74, 6) is 0.467. The Morgan fingerprint density at radius 3 is 2.34 bits per heavy atom. The minimum absolute atomic E-state index is 0.0957. The van der Waals surface area contributed by atoms with E-state index in [4.69, 9.17) is 0 Å². The van der Waals surface area contributed by atoms with Crippen LogP contribution in [0.4, 0.5) is 5.95 Å². The van der Waals surface area contributed by atoms with E-state index < -0.39 is 10.0 Å². The zero-order valence-electron chi connectivity index (χ0n) is 16.4. The number of benzene rings is 2. The molecule has 0 saturated heterocycles. The lowest BCUT2D eigenvalue weighted by atomic mass is 10.1. The lowest BCUT2D eigenvalue weighted by molar-refractivity contribution is 0.589. The predicted octanol–water partition coefficient (Wildman–Crippen LogP) is 3.45. The first-order chi connectivity index (χ1) is 13.9. The van der Waals surface area contributed by atoms with Gasteiger partial charge in [-0.3, -0.25) is 0 Å². The van der Waals surface area contributed by atoms with Crippen molar-refractivity contribution in [2.45, 2.75) is 32.2 Å². The average molecular weight is 407 g/mol. The van der Waals surface area contributed by atoms with E-state index in [1.165, 1.54) is 4.31 Å². The molecule has 0 unspecified atom stereocenters. The Kier molecular flexibility index (Phi) is 4.79. The summed E-state index contributed by atoms with van der Waals surface area (Å²) < 4.78 is 29.8. The van der Waals surface area contributed by atoms with Crippen LogP contribution in [0.3, 0.4) is 0 Å². The largest absolute Gasteiger partial charge is 0.267 e. The van der Waals surface area contributed by atoms with Crippen molar-refractivity contribution in [2.24, 2.45) is 0 Å². The van der Waals surface area contributed by atoms with Crippen molar-refractivity contribution < 1.29 is 8.42 Å². The third-order valence-electron chi connectivity index (χ3n) is 4.74. The SMILES string of the molecule is Cc1cc(C)n2nc(N(Cc3ccccc3C)S(=O)(=O)c3ccccc3)nc2n1. The highest BCUT2D eigenvalue weighted by Crippen LogP contribution is 2.25. The molecule has 0 fully saturated rings. The summed E-state index contributed by atoms with van der Waals surface area (Å²) in [4.78, 5) is 9.01. The van der Waals surface area contributed by atoms with Crippen LogP contribution in [0, 0.1) is 20.8 Å². The first-order valence-electron chi connectivity index (χ1n) is 9.19. The molecule has 0 spiro atoms. The van der Waals surface area contributed by atoms with Gasteiger partial charge in [-0.1, -0.05) is 42.5 Å². The van der Waals surface area contributed by atoms with E-state index in [1.54, 1.807) is 34.8 Å². The van der Waals surface area contributed by atoms with Crippen molar-refractivity contribution >= 4 is 21.7 Å². The molecule has 0 aliphatic heterocycles. The van der Waals surface area contributed by atoms with Crippen LogP contribution < -0.4 is 4.31 Å². The third-order valence-corrected chi connectivity index (χ3v) is 6.48. The molecular weight excluding hydrogens is 386 g/mol. The summed E-state index contributed by atoms with van der Waals surface area (Å²) >= 11 is 0. The maximum absolute atomic E-state index is 13.5. The van der Waals surface area contributed by atoms with Crippen molar-refractivity contribution in [1.82, 2.24) is 19.6 Å². The topological polar surface area (TPSA) is 80.5 Å². The molecule has 0 atom stereocenters. The summed E-state index contributed by atoms with van der Waals surface area (Å²) in [5.41, 5.74) is 3.51. The van der Waals surface area contributed by atoms with Crippen molar-refractivity contribution in [3.63, 3.8) is 0 Å². The van der Waals surface area contributed by atoms with Gasteiger partial charge in [-0.2, -0.15) is 9.50 Å². The van der Waals surface area contributed by atoms with Gasteiger partial charge in [0.25, 0.3) is 21.7 Å². The Morgan fingerprint density at radius 2 is 1.62 bits per heavy atom. The lowest BCUT2D eigenvalue weighted by Crippen LogP contribution is -2.32. The second-order valence-electron chi connectivity index (χ2n) is 6.91. The second kappa shape index (κ2) is 7.29. The molecule has 0 N–H and O–H groups in total. The van der Waals surface area contributed by atoms with E-state index in [0.717, 1.165) is 22.5 Å². The van der Waals surface area contributed by atoms with Gasteiger partial charge >= 0.3 is 0 Å². The van der Waals surface area contributed by atoms with Gasteiger partial charge in [0, 0.05) is 11.4 Å². The van der Waals surface area contributed by atoms with Crippen LogP contribution in [0.5, 0.6) is 0 Å². The average Bonchev–Trinajstić information content (AvgIpc) is 3.11. The number of rotatable bonds is 5. The molecule has 4 aromatic rings. The van der Waals surface area contributed by atoms with Gasteiger partial charge in [0.2, 0.25) is 0 Å². The number of fused-ring (bicyclic) bond motifs is 1. The third kappa shape index (κ3) is 3.58. The molecule has 7 nitrogen and oxygen atoms in total. The number of nitrogens with zero attached hydrogens (tertiary/aromatic N) is 5. The Hall–Kier alpha value is -3.26. The normalized spacial score (nSPS) is 11.7. The Labute approximate surface area is 169 Å². The van der Waals surface area contributed by atoms with Gasteiger partial charge < -0.3 is 0 Å². The van der Waals surface area contributed by atoms with E-state index in [1.807, 2.05) is 51.1 Å². The molecule has 0 bridgehead atoms. The van der Waals surface area contributed by atoms with E-state index in [0.29, 0.717) is 5.78 Å². The van der Waals surface area contributed by atoms with Gasteiger partial charge in [-0.05, 0) is 50.1 Å². The number of sulfonamides is 1. The molecule has 0 aliphatic rings. The van der Waals surface area contributed by atoms with Crippen LogP contribution in [-0.2, 0) is 16.6 Å². The Balaban J connectivity index is 1.89. The molecular formula is C21H21N5O2S. The van der Waals surface area contributed by atoms with Gasteiger partial charge in [-0.25, -0.2) is 17.7 Å². The van der Waals surface area contributed by atoms with Crippen molar-refractivity contribution in [3.8, 4) is 0 Å². The zero-order chi connectivity index (χ0) is 20.6. The van der Waals surface area contributed by atoms with Gasteiger partial charge in [0.1, 0.15) is 0 Å². The first-order valence-corrected chi connectivity index (χ1v) is 10.6. The zero-order valence-corrected chi connectivity index (χ0v) is 17.3. The molecule has 2 aromatic heterocycles. The highest BCUT2D eigenvalue weighted by molar-refractivity contribution is 7.92. The van der Waals surface area contributed by atoms with Gasteiger partial charge in [0.15, 0.2) is 0 Å². The summed E-state index contributed by atoms with van der Waals surface area (Å²) in [6.07, 6.45) is 0. The summed E-state index contributed by atoms with van der Waals surface area (Å²) in [7, 11) is -3.87. The van der Waals surface area contributed by atoms with E-state index in [9.17, 15) is 8.42 Å². The Morgan fingerprint density at radius 1 is 0.931 bits per heavy atom. The van der Waals surface area contributed by atoms with Crippen LogP contribution in [0.15, 0.2) is 65.6 Å². The molecule has 0 radical (unpaired) electrons. The highest BCUT2D eigenvalue weighted by atomic mass is 32.2. The maximum atomic E-state index is 13.5. The minimum atomic E-state index is -3.87. The fourth-order valence-corrected chi connectivity index (χ4v) is 4.54. The number of anilines is 1. The molecule has 2 aromatic carbocycles. The molecule has 0 amide bonds. The maximum Gasteiger partial charge on any atom is 0.267 e. The van der Waals surface area contributed by atoms with E-state index in [-0.39, 0.29) is 17.4 Å². The smallest absolute Gasteiger partial charge is 0.228 e. The number of aromatic nitrogens is 4. The summed E-state index contributed by atoms with van der Waals surface area (Å²) in [6.45, 7) is 5.83. The van der Waals surface area contributed by atoms with E-state index in [2.05, 4.69) is 15.1 Å². The number of aryl methyl sites for hydroxylation is 3. The van der Waals surface area contributed by atoms with Crippen molar-refractivity contribution in [2.75, 3.05) is 4.31 Å². The van der Waals surface area contributed by atoms with E-state index >= 15 is 0 Å². The Bertz CT molecular complexity index is 1280. The molecule has 0 saturated carbocycles. The molecule has 8 heteroatoms. The van der Waals surface area contributed by atoms with Gasteiger partial charge in [-0.15, -0.1) is 5.10 Å². The van der Waals surface area contributed by atoms with Crippen molar-refractivity contribution in [3.05, 3.63) is 83.2 Å². The molecule has 0 aliphatic carbocycles. The van der Waals surface area contributed by atoms with Crippen LogP contribution in [0.2, 0.25) is 0 Å². The standard InChI is InChI=1S/C21H21N5O2S/c1-15-9-7-8-10-18(15)14-25(29(27,28)19-11-5-4-6-12-19)21-23-20-22-16(2)13-17(3)26(20)24-21/h4-13H,14H2,1-3H3. The second-order valence-corrected chi connectivity index (χ2v) is 8.78.